The highest BCUT2D eigenvalue weighted by atomic mass is 19.4. The lowest BCUT2D eigenvalue weighted by Gasteiger charge is -2.20. The third-order valence-electron chi connectivity index (χ3n) is 4.49. The number of amides is 1. The van der Waals surface area contributed by atoms with Crippen molar-refractivity contribution >= 4 is 22.9 Å². The first kappa shape index (κ1) is 23.5. The summed E-state index contributed by atoms with van der Waals surface area (Å²) >= 11 is 0. The molecule has 0 radical (unpaired) electrons. The van der Waals surface area contributed by atoms with Crippen LogP contribution in [0.3, 0.4) is 0 Å². The Labute approximate surface area is 180 Å². The number of ether oxygens (including phenoxy) is 1. The Kier molecular flexibility index (Phi) is 6.97. The van der Waals surface area contributed by atoms with E-state index in [1.165, 1.54) is 12.1 Å². The fraction of sp³-hybridized carbons (Fsp3) is 0.333. The predicted octanol–water partition coefficient (Wildman–Crippen LogP) is 4.87. The molecule has 11 heteroatoms. The van der Waals surface area contributed by atoms with E-state index in [1.807, 2.05) is 0 Å². The van der Waals surface area contributed by atoms with Gasteiger partial charge >= 0.3 is 12.3 Å². The van der Waals surface area contributed by atoms with Crippen molar-refractivity contribution in [1.29, 1.82) is 0 Å². The first-order chi connectivity index (χ1) is 15.0. The Morgan fingerprint density at radius 1 is 1.12 bits per heavy atom. The van der Waals surface area contributed by atoms with E-state index in [9.17, 15) is 26.7 Å². The maximum absolute atomic E-state index is 13.2. The van der Waals surface area contributed by atoms with Gasteiger partial charge in [0.25, 0.3) is 0 Å². The summed E-state index contributed by atoms with van der Waals surface area (Å²) < 4.78 is 69.1. The molecule has 0 saturated heterocycles. The summed E-state index contributed by atoms with van der Waals surface area (Å²) in [7, 11) is 0. The molecule has 32 heavy (non-hydrogen) atoms. The van der Waals surface area contributed by atoms with E-state index in [0.29, 0.717) is 18.0 Å². The number of hydrogen-bond acceptors (Lipinski definition) is 4. The largest absolute Gasteiger partial charge is 0.416 e. The van der Waals surface area contributed by atoms with E-state index in [2.05, 4.69) is 25.3 Å². The number of hydrogen-bond donors (Lipinski definition) is 3. The molecule has 1 amide bonds. The van der Waals surface area contributed by atoms with E-state index in [0.717, 1.165) is 12.1 Å². The van der Waals surface area contributed by atoms with Crippen LogP contribution in [0.1, 0.15) is 30.5 Å². The molecule has 1 heterocycles. The van der Waals surface area contributed by atoms with Crippen molar-refractivity contribution in [2.45, 2.75) is 31.7 Å². The van der Waals surface area contributed by atoms with Crippen LogP contribution in [0, 0.1) is 0 Å². The fourth-order valence-electron chi connectivity index (χ4n) is 3.05. The second-order valence-electron chi connectivity index (χ2n) is 7.13. The zero-order chi connectivity index (χ0) is 23.4. The summed E-state index contributed by atoms with van der Waals surface area (Å²) in [5.74, 6) is -0.283. The van der Waals surface area contributed by atoms with Crippen LogP contribution in [0.25, 0.3) is 11.0 Å². The maximum atomic E-state index is 13.2. The number of carbonyl (C=O) groups is 1. The molecule has 3 N–H and O–H groups in total. The molecule has 0 bridgehead atoms. The lowest BCUT2D eigenvalue weighted by molar-refractivity contribution is -0.222. The van der Waals surface area contributed by atoms with Crippen molar-refractivity contribution in [2.75, 3.05) is 18.5 Å². The number of aromatic nitrogens is 2. The van der Waals surface area contributed by atoms with Gasteiger partial charge in [0.1, 0.15) is 0 Å². The number of fused-ring (bicyclic) bond motifs is 1. The predicted molar refractivity (Wildman–Crippen MR) is 108 cm³/mol. The van der Waals surface area contributed by atoms with Gasteiger partial charge in [-0.2, -0.15) is 22.0 Å². The first-order valence-electron chi connectivity index (χ1n) is 9.68. The van der Waals surface area contributed by atoms with Crippen molar-refractivity contribution in [3.63, 3.8) is 0 Å². The molecule has 3 rings (SSSR count). The Balaban J connectivity index is 1.77. The van der Waals surface area contributed by atoms with Gasteiger partial charge < -0.3 is 20.4 Å². The molecule has 3 aromatic rings. The number of anilines is 1. The number of nitrogens with one attached hydrogen (secondary N) is 3. The number of nitrogens with zero attached hydrogens (tertiary/aromatic N) is 1. The van der Waals surface area contributed by atoms with E-state index < -0.39 is 36.4 Å². The molecule has 1 atom stereocenters. The monoisotopic (exact) mass is 456 g/mol. The van der Waals surface area contributed by atoms with Gasteiger partial charge in [0, 0.05) is 13.5 Å². The highest BCUT2D eigenvalue weighted by Crippen LogP contribution is 2.32. The van der Waals surface area contributed by atoms with E-state index in [1.54, 1.807) is 24.3 Å². The second kappa shape index (κ2) is 9.51. The van der Waals surface area contributed by atoms with Crippen LogP contribution < -0.4 is 10.6 Å². The SMILES string of the molecule is CC(F)(F)OCCNC(=O)CC(Nc1nc2ccccc2[nH]1)c1cccc(C(F)(F)F)c1. The summed E-state index contributed by atoms with van der Waals surface area (Å²) in [5, 5.41) is 5.39. The molecular formula is C21H21F5N4O2. The van der Waals surface area contributed by atoms with Gasteiger partial charge in [0.05, 0.1) is 35.7 Å². The number of halogens is 5. The Morgan fingerprint density at radius 2 is 1.88 bits per heavy atom. The first-order valence-corrected chi connectivity index (χ1v) is 9.68. The Hall–Kier alpha value is -3.21. The number of benzene rings is 2. The summed E-state index contributed by atoms with van der Waals surface area (Å²) in [6, 6.07) is 10.8. The van der Waals surface area contributed by atoms with Crippen LogP contribution in [0.15, 0.2) is 48.5 Å². The lowest BCUT2D eigenvalue weighted by Crippen LogP contribution is -2.31. The highest BCUT2D eigenvalue weighted by molar-refractivity contribution is 5.79. The van der Waals surface area contributed by atoms with Crippen molar-refractivity contribution in [1.82, 2.24) is 15.3 Å². The van der Waals surface area contributed by atoms with E-state index >= 15 is 0 Å². The summed E-state index contributed by atoms with van der Waals surface area (Å²) in [6.07, 6.45) is -8.14. The van der Waals surface area contributed by atoms with Gasteiger partial charge in [-0.3, -0.25) is 4.79 Å². The minimum atomic E-state index is -4.55. The van der Waals surface area contributed by atoms with Gasteiger partial charge in [-0.15, -0.1) is 0 Å². The molecule has 6 nitrogen and oxygen atoms in total. The number of para-hydroxylation sites is 2. The van der Waals surface area contributed by atoms with Gasteiger partial charge in [0.15, 0.2) is 0 Å². The quantitative estimate of drug-likeness (QED) is 0.317. The van der Waals surface area contributed by atoms with Gasteiger partial charge in [-0.05, 0) is 29.8 Å². The van der Waals surface area contributed by atoms with Crippen LogP contribution in [0.4, 0.5) is 27.9 Å². The van der Waals surface area contributed by atoms with Gasteiger partial charge in [-0.1, -0.05) is 24.3 Å². The van der Waals surface area contributed by atoms with Crippen molar-refractivity contribution in [3.05, 3.63) is 59.7 Å². The van der Waals surface area contributed by atoms with Crippen LogP contribution >= 0.6 is 0 Å². The number of H-pyrrole nitrogens is 1. The maximum Gasteiger partial charge on any atom is 0.416 e. The van der Waals surface area contributed by atoms with E-state index in [-0.39, 0.29) is 24.5 Å². The molecule has 172 valence electrons. The normalized spacial score (nSPS) is 13.2. The molecule has 0 spiro atoms. The molecule has 1 unspecified atom stereocenters. The number of imidazole rings is 1. The van der Waals surface area contributed by atoms with Crippen LogP contribution in [0.5, 0.6) is 0 Å². The van der Waals surface area contributed by atoms with Crippen molar-refractivity contribution < 1.29 is 31.5 Å². The van der Waals surface area contributed by atoms with Crippen molar-refractivity contribution in [3.8, 4) is 0 Å². The third kappa shape index (κ3) is 6.64. The van der Waals surface area contributed by atoms with Crippen LogP contribution in [-0.4, -0.2) is 35.1 Å². The second-order valence-corrected chi connectivity index (χ2v) is 7.13. The molecule has 0 aliphatic heterocycles. The molecule has 0 aliphatic carbocycles. The summed E-state index contributed by atoms with van der Waals surface area (Å²) in [4.78, 5) is 19.7. The molecule has 0 aliphatic rings. The molecule has 0 fully saturated rings. The zero-order valence-corrected chi connectivity index (χ0v) is 17.0. The fourth-order valence-corrected chi connectivity index (χ4v) is 3.05. The average Bonchev–Trinajstić information content (AvgIpc) is 3.12. The third-order valence-corrected chi connectivity index (χ3v) is 4.49. The van der Waals surface area contributed by atoms with Crippen LogP contribution in [0.2, 0.25) is 0 Å². The zero-order valence-electron chi connectivity index (χ0n) is 17.0. The minimum absolute atomic E-state index is 0.178. The van der Waals surface area contributed by atoms with Gasteiger partial charge in [-0.25, -0.2) is 4.98 Å². The van der Waals surface area contributed by atoms with Crippen LogP contribution in [-0.2, 0) is 15.7 Å². The van der Waals surface area contributed by atoms with Gasteiger partial charge in [0.2, 0.25) is 11.9 Å². The number of alkyl halides is 5. The number of carbonyl (C=O) groups excluding carboxylic acids is 1. The summed E-state index contributed by atoms with van der Waals surface area (Å²) in [5.41, 5.74) is 0.705. The highest BCUT2D eigenvalue weighted by Gasteiger charge is 2.31. The smallest absolute Gasteiger partial charge is 0.354 e. The minimum Gasteiger partial charge on any atom is -0.354 e. The lowest BCUT2D eigenvalue weighted by atomic mass is 10.0. The standard InChI is InChI=1S/C21H21F5N4O2/c1-20(22,23)32-10-9-27-18(31)12-17(13-5-4-6-14(11-13)21(24,25)26)30-19-28-15-7-2-3-8-16(15)29-19/h2-8,11,17H,9-10,12H2,1H3,(H,27,31)(H2,28,29,30). The number of rotatable bonds is 9. The summed E-state index contributed by atoms with van der Waals surface area (Å²) in [6.45, 7) is -0.0155. The molecule has 0 saturated carbocycles. The molecule has 2 aromatic carbocycles. The Morgan fingerprint density at radius 3 is 2.56 bits per heavy atom. The average molecular weight is 456 g/mol. The Bertz CT molecular complexity index is 1030. The van der Waals surface area contributed by atoms with E-state index in [4.69, 9.17) is 0 Å². The molecular weight excluding hydrogens is 435 g/mol. The number of aromatic amines is 1. The molecule has 1 aromatic heterocycles. The van der Waals surface area contributed by atoms with Crippen molar-refractivity contribution in [2.24, 2.45) is 0 Å². The topological polar surface area (TPSA) is 79.0 Å².